The number of aliphatic hydroxyl groups is 3. The topological polar surface area (TPSA) is 135 Å². The van der Waals surface area contributed by atoms with E-state index in [4.69, 9.17) is 18.9 Å². The molecule has 160 valence electrons. The molecule has 5 atom stereocenters. The first-order valence-corrected chi connectivity index (χ1v) is 9.90. The van der Waals surface area contributed by atoms with Gasteiger partial charge in [0.25, 0.3) is 0 Å². The van der Waals surface area contributed by atoms with Crippen LogP contribution in [0.2, 0.25) is 0 Å². The Morgan fingerprint density at radius 3 is 2.55 bits per heavy atom. The predicted molar refractivity (Wildman–Crippen MR) is 98.1 cm³/mol. The van der Waals surface area contributed by atoms with E-state index in [1.807, 2.05) is 0 Å². The van der Waals surface area contributed by atoms with E-state index in [9.17, 15) is 25.2 Å². The summed E-state index contributed by atoms with van der Waals surface area (Å²) in [4.78, 5) is 12.6. The molecule has 0 spiro atoms. The average molecular weight is 410 g/mol. The number of carbonyl (C=O) groups excluding carboxylic acids is 1. The molecule has 0 amide bonds. The first-order valence-electron chi connectivity index (χ1n) is 9.90. The van der Waals surface area contributed by atoms with Crippen molar-refractivity contribution >= 4 is 5.97 Å². The molecule has 1 aromatic carbocycles. The number of phenols is 1. The summed E-state index contributed by atoms with van der Waals surface area (Å²) in [7, 11) is 1.38. The predicted octanol–water partition coefficient (Wildman–Crippen LogP) is 0.805. The van der Waals surface area contributed by atoms with Gasteiger partial charge in [-0.05, 0) is 31.7 Å². The quantitative estimate of drug-likeness (QED) is 0.532. The Hall–Kier alpha value is -2.07. The average Bonchev–Trinajstić information content (AvgIpc) is 2.72. The summed E-state index contributed by atoms with van der Waals surface area (Å²) in [6.07, 6.45) is -1.35. The Morgan fingerprint density at radius 1 is 1.17 bits per heavy atom. The van der Waals surface area contributed by atoms with Crippen molar-refractivity contribution in [2.24, 2.45) is 0 Å². The van der Waals surface area contributed by atoms with Crippen LogP contribution in [-0.4, -0.2) is 70.6 Å². The van der Waals surface area contributed by atoms with E-state index in [1.54, 1.807) is 0 Å². The van der Waals surface area contributed by atoms with Gasteiger partial charge in [-0.15, -0.1) is 0 Å². The maximum absolute atomic E-state index is 12.6. The number of benzene rings is 1. The SMILES string of the molecule is COc1c(OC2CCCCC2)cc2c(c1O)[C@@H]1O[C@H](CO)[C@@H](O)[C@H](O)[C@H]1OC2=O. The number of fused-ring (bicyclic) bond motifs is 3. The number of hydrogen-bond donors (Lipinski definition) is 4. The van der Waals surface area contributed by atoms with Gasteiger partial charge in [0.05, 0.1) is 25.4 Å². The van der Waals surface area contributed by atoms with Crippen LogP contribution in [0.15, 0.2) is 6.07 Å². The number of hydrogen-bond acceptors (Lipinski definition) is 9. The summed E-state index contributed by atoms with van der Waals surface area (Å²) in [5, 5.41) is 40.8. The zero-order valence-electron chi connectivity index (χ0n) is 16.1. The standard InChI is InChI=1S/C20H26O9/c1-26-17-11(27-9-5-3-2-4-6-9)7-10-13(15(17)23)18-19(29-20(10)25)16(24)14(22)12(8-21)28-18/h7,9,12,14,16,18-19,21-24H,2-6,8H2,1H3/t12-,14-,16+,18+,19-/m1/s1. The number of carbonyl (C=O) groups is 1. The molecule has 29 heavy (non-hydrogen) atoms. The molecule has 4 N–H and O–H groups in total. The van der Waals surface area contributed by atoms with Crippen molar-refractivity contribution in [3.63, 3.8) is 0 Å². The molecule has 0 unspecified atom stereocenters. The summed E-state index contributed by atoms with van der Waals surface area (Å²) >= 11 is 0. The molecule has 9 nitrogen and oxygen atoms in total. The van der Waals surface area contributed by atoms with Crippen molar-refractivity contribution in [1.82, 2.24) is 0 Å². The fourth-order valence-electron chi connectivity index (χ4n) is 4.39. The highest BCUT2D eigenvalue weighted by molar-refractivity contribution is 5.95. The van der Waals surface area contributed by atoms with E-state index in [-0.39, 0.29) is 34.5 Å². The number of methoxy groups -OCH3 is 1. The molecule has 9 heteroatoms. The largest absolute Gasteiger partial charge is 0.504 e. The monoisotopic (exact) mass is 410 g/mol. The van der Waals surface area contributed by atoms with Crippen molar-refractivity contribution in [1.29, 1.82) is 0 Å². The lowest BCUT2D eigenvalue weighted by atomic mass is 9.86. The zero-order chi connectivity index (χ0) is 20.7. The van der Waals surface area contributed by atoms with Gasteiger partial charge in [0.2, 0.25) is 5.75 Å². The Balaban J connectivity index is 1.75. The fraction of sp³-hybridized carbons (Fsp3) is 0.650. The van der Waals surface area contributed by atoms with Crippen LogP contribution in [0.4, 0.5) is 0 Å². The van der Waals surface area contributed by atoms with Crippen molar-refractivity contribution in [2.45, 2.75) is 68.7 Å². The molecule has 4 rings (SSSR count). The van der Waals surface area contributed by atoms with Crippen LogP contribution >= 0.6 is 0 Å². The third-order valence-corrected chi connectivity index (χ3v) is 5.92. The number of aromatic hydroxyl groups is 1. The molecule has 0 bridgehead atoms. The Morgan fingerprint density at radius 2 is 1.90 bits per heavy atom. The van der Waals surface area contributed by atoms with Gasteiger partial charge >= 0.3 is 5.97 Å². The second-order valence-electron chi connectivity index (χ2n) is 7.72. The fourth-order valence-corrected chi connectivity index (χ4v) is 4.39. The number of ether oxygens (including phenoxy) is 4. The lowest BCUT2D eigenvalue weighted by Gasteiger charge is -2.44. The Kier molecular flexibility index (Phi) is 5.56. The second kappa shape index (κ2) is 7.98. The van der Waals surface area contributed by atoms with Gasteiger partial charge in [-0.2, -0.15) is 0 Å². The van der Waals surface area contributed by atoms with Crippen LogP contribution in [0.25, 0.3) is 0 Å². The van der Waals surface area contributed by atoms with Gasteiger partial charge in [-0.1, -0.05) is 6.42 Å². The summed E-state index contributed by atoms with van der Waals surface area (Å²) in [6, 6.07) is 1.45. The van der Waals surface area contributed by atoms with E-state index in [0.29, 0.717) is 0 Å². The van der Waals surface area contributed by atoms with Gasteiger partial charge < -0.3 is 39.4 Å². The van der Waals surface area contributed by atoms with Gasteiger partial charge in [0.15, 0.2) is 17.6 Å². The van der Waals surface area contributed by atoms with E-state index in [1.165, 1.54) is 13.2 Å². The molecule has 2 fully saturated rings. The van der Waals surface area contributed by atoms with Crippen molar-refractivity contribution in [3.05, 3.63) is 17.2 Å². The zero-order valence-corrected chi connectivity index (χ0v) is 16.1. The molecule has 2 heterocycles. The molecule has 2 aliphatic heterocycles. The highest BCUT2D eigenvalue weighted by atomic mass is 16.6. The number of phenolic OH excluding ortho intramolecular Hbond substituents is 1. The van der Waals surface area contributed by atoms with E-state index >= 15 is 0 Å². The Labute approximate surface area is 167 Å². The Bertz CT molecular complexity index is 774. The van der Waals surface area contributed by atoms with E-state index < -0.39 is 43.1 Å². The van der Waals surface area contributed by atoms with Crippen LogP contribution in [0.1, 0.15) is 54.1 Å². The highest BCUT2D eigenvalue weighted by Crippen LogP contribution is 2.50. The van der Waals surface area contributed by atoms with Gasteiger partial charge in [0, 0.05) is 5.56 Å². The lowest BCUT2D eigenvalue weighted by Crippen LogP contribution is -2.58. The minimum Gasteiger partial charge on any atom is -0.504 e. The van der Waals surface area contributed by atoms with Crippen LogP contribution in [0.5, 0.6) is 17.2 Å². The third kappa shape index (κ3) is 3.42. The summed E-state index contributed by atoms with van der Waals surface area (Å²) < 4.78 is 22.4. The number of aliphatic hydroxyl groups excluding tert-OH is 3. The van der Waals surface area contributed by atoms with Gasteiger partial charge in [-0.25, -0.2) is 4.79 Å². The molecule has 3 aliphatic rings. The lowest BCUT2D eigenvalue weighted by molar-refractivity contribution is -0.235. The number of esters is 1. The number of rotatable bonds is 4. The van der Waals surface area contributed by atoms with Crippen molar-refractivity contribution < 1.29 is 44.2 Å². The van der Waals surface area contributed by atoms with Crippen LogP contribution in [-0.2, 0) is 9.47 Å². The van der Waals surface area contributed by atoms with Gasteiger partial charge in [0.1, 0.15) is 24.4 Å². The van der Waals surface area contributed by atoms with Crippen LogP contribution in [0, 0.1) is 0 Å². The summed E-state index contributed by atoms with van der Waals surface area (Å²) in [5.41, 5.74) is 0.124. The molecule has 1 aliphatic carbocycles. The highest BCUT2D eigenvalue weighted by Gasteiger charge is 2.52. The van der Waals surface area contributed by atoms with E-state index in [0.717, 1.165) is 32.1 Å². The molecule has 1 aromatic rings. The molecule has 1 saturated heterocycles. The maximum Gasteiger partial charge on any atom is 0.339 e. The molecule has 0 aromatic heterocycles. The second-order valence-corrected chi connectivity index (χ2v) is 7.72. The molecule has 1 saturated carbocycles. The summed E-state index contributed by atoms with van der Waals surface area (Å²) in [6.45, 7) is -0.550. The minimum absolute atomic E-state index is 0.0376. The first kappa shape index (κ1) is 20.2. The van der Waals surface area contributed by atoms with Crippen LogP contribution in [0.3, 0.4) is 0 Å². The minimum atomic E-state index is -1.48. The van der Waals surface area contributed by atoms with Crippen molar-refractivity contribution in [3.8, 4) is 17.2 Å². The molecular weight excluding hydrogens is 384 g/mol. The third-order valence-electron chi connectivity index (χ3n) is 5.92. The smallest absolute Gasteiger partial charge is 0.339 e. The molecule has 0 radical (unpaired) electrons. The van der Waals surface area contributed by atoms with Gasteiger partial charge in [-0.3, -0.25) is 0 Å². The van der Waals surface area contributed by atoms with E-state index in [2.05, 4.69) is 0 Å². The maximum atomic E-state index is 12.6. The molecular formula is C20H26O9. The first-order chi connectivity index (χ1) is 14.0. The van der Waals surface area contributed by atoms with Crippen LogP contribution < -0.4 is 9.47 Å². The van der Waals surface area contributed by atoms with Crippen molar-refractivity contribution in [2.75, 3.05) is 13.7 Å². The summed E-state index contributed by atoms with van der Waals surface area (Å²) in [5.74, 6) is -0.818. The normalized spacial score (nSPS) is 32.1.